The summed E-state index contributed by atoms with van der Waals surface area (Å²) in [5, 5.41) is 0. The second-order valence-corrected chi connectivity index (χ2v) is 9.40. The zero-order valence-electron chi connectivity index (χ0n) is 17.5. The molecule has 2 saturated heterocycles. The van der Waals surface area contributed by atoms with Gasteiger partial charge in [0.25, 0.3) is 0 Å². The van der Waals surface area contributed by atoms with E-state index in [1.807, 2.05) is 17.0 Å². The Morgan fingerprint density at radius 2 is 1.45 bits per heavy atom. The van der Waals surface area contributed by atoms with Crippen LogP contribution in [0.2, 0.25) is 0 Å². The zero-order chi connectivity index (χ0) is 20.9. The molecule has 2 unspecified atom stereocenters. The van der Waals surface area contributed by atoms with Crippen LogP contribution >= 0.6 is 0 Å². The first-order chi connectivity index (χ1) is 15.2. The first-order valence-corrected chi connectivity index (χ1v) is 11.5. The average Bonchev–Trinajstić information content (AvgIpc) is 3.59. The highest BCUT2D eigenvalue weighted by Crippen LogP contribution is 2.45. The molecule has 2 bridgehead atoms. The molecule has 0 N–H and O–H groups in total. The quantitative estimate of drug-likeness (QED) is 0.740. The highest BCUT2D eigenvalue weighted by Gasteiger charge is 2.47. The molecule has 5 nitrogen and oxygen atoms in total. The smallest absolute Gasteiger partial charge is 0.410 e. The van der Waals surface area contributed by atoms with Crippen molar-refractivity contribution in [3.05, 3.63) is 59.7 Å². The number of hydrogen-bond donors (Lipinski definition) is 0. The maximum Gasteiger partial charge on any atom is 0.410 e. The molecule has 2 aliphatic carbocycles. The molecule has 5 heteroatoms. The van der Waals surface area contributed by atoms with Gasteiger partial charge in [0.2, 0.25) is 0 Å². The number of amides is 1. The number of morpholine rings is 1. The van der Waals surface area contributed by atoms with Gasteiger partial charge in [-0.1, -0.05) is 48.5 Å². The van der Waals surface area contributed by atoms with E-state index >= 15 is 0 Å². The Bertz CT molecular complexity index is 970. The second kappa shape index (κ2) is 7.49. The van der Waals surface area contributed by atoms with E-state index < -0.39 is 0 Å². The number of hydrogen-bond acceptors (Lipinski definition) is 4. The molecule has 4 aliphatic rings. The van der Waals surface area contributed by atoms with Crippen molar-refractivity contribution in [2.24, 2.45) is 11.8 Å². The van der Waals surface area contributed by atoms with Crippen LogP contribution < -0.4 is 0 Å². The van der Waals surface area contributed by atoms with Crippen LogP contribution in [0.1, 0.15) is 42.7 Å². The Morgan fingerprint density at radius 1 is 0.871 bits per heavy atom. The average molecular weight is 418 g/mol. The Labute approximate surface area is 182 Å². The minimum atomic E-state index is -0.266. The van der Waals surface area contributed by atoms with Gasteiger partial charge >= 0.3 is 6.09 Å². The molecule has 2 heterocycles. The number of rotatable bonds is 4. The summed E-state index contributed by atoms with van der Waals surface area (Å²) < 4.78 is 11.6. The first kappa shape index (κ1) is 19.1. The summed E-state index contributed by atoms with van der Waals surface area (Å²) >= 11 is 0. The molecule has 0 aromatic heterocycles. The number of nitrogens with zero attached hydrogens (tertiary/aromatic N) is 1. The van der Waals surface area contributed by atoms with Crippen molar-refractivity contribution in [1.82, 2.24) is 4.90 Å². The Balaban J connectivity index is 1.18. The van der Waals surface area contributed by atoms with Crippen LogP contribution in [0.25, 0.3) is 11.1 Å². The van der Waals surface area contributed by atoms with Crippen molar-refractivity contribution >= 4 is 11.9 Å². The van der Waals surface area contributed by atoms with Crippen LogP contribution in [0.15, 0.2) is 48.5 Å². The van der Waals surface area contributed by atoms with Gasteiger partial charge in [-0.25, -0.2) is 4.79 Å². The van der Waals surface area contributed by atoms with E-state index in [0.717, 1.165) is 12.8 Å². The van der Waals surface area contributed by atoms with Crippen molar-refractivity contribution in [3.63, 3.8) is 0 Å². The highest BCUT2D eigenvalue weighted by atomic mass is 16.6. The van der Waals surface area contributed by atoms with Crippen molar-refractivity contribution in [2.75, 3.05) is 19.8 Å². The van der Waals surface area contributed by atoms with Crippen molar-refractivity contribution in [1.29, 1.82) is 0 Å². The molecule has 2 aliphatic heterocycles. The lowest BCUT2D eigenvalue weighted by Gasteiger charge is -2.47. The van der Waals surface area contributed by atoms with E-state index in [9.17, 15) is 9.59 Å². The highest BCUT2D eigenvalue weighted by molar-refractivity contribution is 5.86. The molecule has 0 radical (unpaired) electrons. The Hall–Kier alpha value is -2.66. The van der Waals surface area contributed by atoms with Gasteiger partial charge in [-0.2, -0.15) is 0 Å². The third kappa shape index (κ3) is 3.26. The molecule has 160 valence electrons. The lowest BCUT2D eigenvalue weighted by atomic mass is 9.81. The lowest BCUT2D eigenvalue weighted by Crippen LogP contribution is -2.60. The number of ketones is 1. The first-order valence-electron chi connectivity index (χ1n) is 11.5. The van der Waals surface area contributed by atoms with E-state index in [0.29, 0.717) is 38.4 Å². The van der Waals surface area contributed by atoms with E-state index in [1.165, 1.54) is 22.3 Å². The van der Waals surface area contributed by atoms with Crippen LogP contribution in [-0.2, 0) is 14.3 Å². The largest absolute Gasteiger partial charge is 0.448 e. The predicted octanol–water partition coefficient (Wildman–Crippen LogP) is 4.39. The molecule has 0 spiro atoms. The van der Waals surface area contributed by atoms with Crippen LogP contribution in [0, 0.1) is 11.8 Å². The van der Waals surface area contributed by atoms with Gasteiger partial charge in [0.15, 0.2) is 0 Å². The maximum atomic E-state index is 13.2. The number of Topliss-reactive ketones (excluding diaryl/α,β-unsaturated/α-hetero) is 1. The summed E-state index contributed by atoms with van der Waals surface area (Å²) in [6.07, 6.45) is 3.22. The van der Waals surface area contributed by atoms with Gasteiger partial charge in [0, 0.05) is 17.8 Å². The zero-order valence-corrected chi connectivity index (χ0v) is 17.5. The minimum absolute atomic E-state index is 0.0569. The lowest BCUT2D eigenvalue weighted by molar-refractivity contribution is -0.132. The predicted molar refractivity (Wildman–Crippen MR) is 116 cm³/mol. The van der Waals surface area contributed by atoms with Gasteiger partial charge in [-0.3, -0.25) is 9.69 Å². The van der Waals surface area contributed by atoms with Gasteiger partial charge < -0.3 is 9.47 Å². The van der Waals surface area contributed by atoms with Crippen LogP contribution in [0.5, 0.6) is 0 Å². The number of carbonyl (C=O) groups excluding carboxylic acids is 2. The monoisotopic (exact) mass is 417 g/mol. The van der Waals surface area contributed by atoms with Crippen molar-refractivity contribution < 1.29 is 19.1 Å². The fourth-order valence-corrected chi connectivity index (χ4v) is 5.82. The number of fused-ring (bicyclic) bond motifs is 5. The topological polar surface area (TPSA) is 55.8 Å². The van der Waals surface area contributed by atoms with Gasteiger partial charge in [-0.05, 0) is 47.9 Å². The number of ether oxygens (including phenoxy) is 2. The van der Waals surface area contributed by atoms with Crippen molar-refractivity contribution in [3.8, 4) is 11.1 Å². The van der Waals surface area contributed by atoms with Crippen LogP contribution in [0.4, 0.5) is 4.79 Å². The normalized spacial score (nSPS) is 26.8. The molecule has 1 amide bonds. The summed E-state index contributed by atoms with van der Waals surface area (Å²) in [4.78, 5) is 27.7. The van der Waals surface area contributed by atoms with E-state index in [-0.39, 0.29) is 35.9 Å². The molecular weight excluding hydrogens is 390 g/mol. The third-order valence-electron chi connectivity index (χ3n) is 7.45. The summed E-state index contributed by atoms with van der Waals surface area (Å²) in [6.45, 7) is 1.32. The molecule has 2 aromatic carbocycles. The van der Waals surface area contributed by atoms with Crippen LogP contribution in [0.3, 0.4) is 0 Å². The van der Waals surface area contributed by atoms with E-state index in [4.69, 9.17) is 9.47 Å². The summed E-state index contributed by atoms with van der Waals surface area (Å²) in [6, 6.07) is 16.6. The molecule has 2 atom stereocenters. The Morgan fingerprint density at radius 3 is 2.03 bits per heavy atom. The summed E-state index contributed by atoms with van der Waals surface area (Å²) in [7, 11) is 0. The molecule has 31 heavy (non-hydrogen) atoms. The standard InChI is InChI=1S/C26H27NO4/c28-25(16-9-10-16)17-11-18-13-30-14-19(12-17)27(18)26(29)31-15-24-22-7-3-1-5-20(22)21-6-2-4-8-23(21)24/h1-8,16-19,24H,9-15H2. The number of carbonyl (C=O) groups is 2. The summed E-state index contributed by atoms with van der Waals surface area (Å²) in [5.41, 5.74) is 4.88. The molecular formula is C26H27NO4. The van der Waals surface area contributed by atoms with Crippen molar-refractivity contribution in [2.45, 2.75) is 43.7 Å². The fourth-order valence-electron chi connectivity index (χ4n) is 5.82. The van der Waals surface area contributed by atoms with E-state index in [1.54, 1.807) is 0 Å². The molecule has 1 saturated carbocycles. The minimum Gasteiger partial charge on any atom is -0.448 e. The second-order valence-electron chi connectivity index (χ2n) is 9.40. The number of benzene rings is 2. The maximum absolute atomic E-state index is 13.2. The third-order valence-corrected chi connectivity index (χ3v) is 7.45. The molecule has 2 aromatic rings. The van der Waals surface area contributed by atoms with Crippen LogP contribution in [-0.4, -0.2) is 48.7 Å². The SMILES string of the molecule is O=C(C1CC1)C1CC2COCC(C1)N2C(=O)OCC1c2ccccc2-c2ccccc21. The molecule has 6 rings (SSSR count). The fraction of sp³-hybridized carbons (Fsp3) is 0.462. The van der Waals surface area contributed by atoms with E-state index in [2.05, 4.69) is 36.4 Å². The summed E-state index contributed by atoms with van der Waals surface area (Å²) in [5.74, 6) is 0.808. The van der Waals surface area contributed by atoms with Gasteiger partial charge in [-0.15, -0.1) is 0 Å². The number of piperidine rings is 1. The molecule has 3 fully saturated rings. The van der Waals surface area contributed by atoms with Gasteiger partial charge in [0.1, 0.15) is 12.4 Å². The van der Waals surface area contributed by atoms with Gasteiger partial charge in [0.05, 0.1) is 25.3 Å². The Kier molecular flexibility index (Phi) is 4.60.